The number of thiophene rings is 1. The summed E-state index contributed by atoms with van der Waals surface area (Å²) in [5, 5.41) is 2.11. The van der Waals surface area contributed by atoms with Crippen LogP contribution in [0.25, 0.3) is 10.1 Å². The van der Waals surface area contributed by atoms with Crippen LogP contribution in [0.3, 0.4) is 0 Å². The molecule has 0 aliphatic carbocycles. The van der Waals surface area contributed by atoms with E-state index in [1.807, 2.05) is 24.8 Å². The second kappa shape index (κ2) is 6.10. The topological polar surface area (TPSA) is 26.0 Å². The Labute approximate surface area is 115 Å². The van der Waals surface area contributed by atoms with E-state index in [1.54, 1.807) is 11.3 Å². The summed E-state index contributed by atoms with van der Waals surface area (Å²) in [6.45, 7) is 2.05. The lowest BCUT2D eigenvalue weighted by Crippen LogP contribution is -2.15. The van der Waals surface area contributed by atoms with Gasteiger partial charge >= 0.3 is 0 Å². The van der Waals surface area contributed by atoms with Gasteiger partial charge in [-0.3, -0.25) is 0 Å². The third-order valence-electron chi connectivity index (χ3n) is 2.55. The molecule has 1 nitrogen and oxygen atoms in total. The van der Waals surface area contributed by atoms with Crippen LogP contribution in [0.4, 0.5) is 0 Å². The molecular weight excluding hydrogens is 270 g/mol. The van der Waals surface area contributed by atoms with Crippen LogP contribution in [0.2, 0.25) is 5.02 Å². The van der Waals surface area contributed by atoms with Gasteiger partial charge in [-0.2, -0.15) is 11.8 Å². The number of hydrogen-bond acceptors (Lipinski definition) is 3. The van der Waals surface area contributed by atoms with Gasteiger partial charge in [-0.25, -0.2) is 0 Å². The quantitative estimate of drug-likeness (QED) is 0.817. The first-order valence-corrected chi connectivity index (χ1v) is 8.02. The van der Waals surface area contributed by atoms with Crippen molar-refractivity contribution in [2.75, 3.05) is 5.75 Å². The molecule has 1 atom stereocenters. The minimum Gasteiger partial charge on any atom is -0.328 e. The predicted octanol–water partition coefficient (Wildman–Crippen LogP) is 4.53. The molecule has 0 amide bonds. The average molecular weight is 286 g/mol. The van der Waals surface area contributed by atoms with Gasteiger partial charge in [0.25, 0.3) is 0 Å². The fourth-order valence-corrected chi connectivity index (χ4v) is 4.46. The number of fused-ring (bicyclic) bond motifs is 1. The van der Waals surface area contributed by atoms with E-state index in [0.717, 1.165) is 22.9 Å². The highest BCUT2D eigenvalue weighted by Crippen LogP contribution is 2.37. The third-order valence-corrected chi connectivity index (χ3v) is 5.47. The van der Waals surface area contributed by atoms with Crippen LogP contribution < -0.4 is 5.73 Å². The highest BCUT2D eigenvalue weighted by Gasteiger charge is 2.09. The molecule has 0 bridgehead atoms. The monoisotopic (exact) mass is 285 g/mol. The molecule has 0 aliphatic rings. The fourth-order valence-electron chi connectivity index (χ4n) is 1.59. The maximum absolute atomic E-state index is 6.37. The van der Waals surface area contributed by atoms with Gasteiger partial charge in [-0.15, -0.1) is 11.3 Å². The second-order valence-corrected chi connectivity index (χ2v) is 6.77. The van der Waals surface area contributed by atoms with E-state index in [0.29, 0.717) is 6.04 Å². The highest BCUT2D eigenvalue weighted by atomic mass is 35.5. The number of halogens is 1. The molecule has 2 N–H and O–H groups in total. The highest BCUT2D eigenvalue weighted by molar-refractivity contribution is 7.98. The van der Waals surface area contributed by atoms with Crippen molar-refractivity contribution in [3.05, 3.63) is 34.2 Å². The zero-order valence-electron chi connectivity index (χ0n) is 9.78. The Morgan fingerprint density at radius 1 is 1.41 bits per heavy atom. The maximum Gasteiger partial charge on any atom is 0.0632 e. The molecule has 1 unspecified atom stereocenters. The van der Waals surface area contributed by atoms with E-state index in [-0.39, 0.29) is 0 Å². The molecule has 0 radical (unpaired) electrons. The molecular formula is C13H16ClNS2. The van der Waals surface area contributed by atoms with Crippen molar-refractivity contribution in [3.63, 3.8) is 0 Å². The van der Waals surface area contributed by atoms with Crippen molar-refractivity contribution in [3.8, 4) is 0 Å². The molecule has 17 heavy (non-hydrogen) atoms. The molecule has 2 aromatic rings. The van der Waals surface area contributed by atoms with Gasteiger partial charge in [0.15, 0.2) is 0 Å². The van der Waals surface area contributed by atoms with E-state index in [9.17, 15) is 0 Å². The van der Waals surface area contributed by atoms with Gasteiger partial charge in [0.1, 0.15) is 0 Å². The minimum atomic E-state index is 0.292. The Morgan fingerprint density at radius 2 is 2.18 bits per heavy atom. The van der Waals surface area contributed by atoms with Crippen LogP contribution in [0.5, 0.6) is 0 Å². The zero-order chi connectivity index (χ0) is 12.3. The summed E-state index contributed by atoms with van der Waals surface area (Å²) in [6, 6.07) is 8.60. The molecule has 2 rings (SSSR count). The average Bonchev–Trinajstić information content (AvgIpc) is 2.63. The van der Waals surface area contributed by atoms with Gasteiger partial charge < -0.3 is 5.73 Å². The molecule has 92 valence electrons. The lowest BCUT2D eigenvalue weighted by Gasteiger charge is -2.03. The third kappa shape index (κ3) is 3.38. The van der Waals surface area contributed by atoms with Gasteiger partial charge in [-0.1, -0.05) is 29.8 Å². The Hall–Kier alpha value is -0.220. The fraction of sp³-hybridized carbons (Fsp3) is 0.385. The lowest BCUT2D eigenvalue weighted by molar-refractivity contribution is 0.721. The summed E-state index contributed by atoms with van der Waals surface area (Å²) in [4.78, 5) is 1.28. The van der Waals surface area contributed by atoms with E-state index in [4.69, 9.17) is 17.3 Å². The van der Waals surface area contributed by atoms with Crippen LogP contribution in [0, 0.1) is 0 Å². The maximum atomic E-state index is 6.37. The number of nitrogens with two attached hydrogens (primary N) is 1. The smallest absolute Gasteiger partial charge is 0.0632 e. The molecule has 1 aromatic carbocycles. The van der Waals surface area contributed by atoms with Crippen molar-refractivity contribution < 1.29 is 0 Å². The predicted molar refractivity (Wildman–Crippen MR) is 81.3 cm³/mol. The first-order valence-electron chi connectivity index (χ1n) is 5.67. The molecule has 0 aliphatic heterocycles. The van der Waals surface area contributed by atoms with Crippen molar-refractivity contribution in [1.29, 1.82) is 0 Å². The summed E-state index contributed by atoms with van der Waals surface area (Å²) in [7, 11) is 0. The first-order chi connectivity index (χ1) is 8.18. The number of thioether (sulfide) groups is 1. The van der Waals surface area contributed by atoms with Crippen molar-refractivity contribution in [2.24, 2.45) is 5.73 Å². The van der Waals surface area contributed by atoms with Gasteiger partial charge in [0.2, 0.25) is 0 Å². The van der Waals surface area contributed by atoms with E-state index in [1.165, 1.54) is 15.0 Å². The van der Waals surface area contributed by atoms with Gasteiger partial charge in [0.05, 0.1) is 5.02 Å². The van der Waals surface area contributed by atoms with Crippen LogP contribution in [-0.2, 0) is 5.75 Å². The Morgan fingerprint density at radius 3 is 2.88 bits per heavy atom. The van der Waals surface area contributed by atoms with Crippen LogP contribution in [0.1, 0.15) is 18.2 Å². The second-order valence-electron chi connectivity index (χ2n) is 4.15. The first kappa shape index (κ1) is 13.2. The summed E-state index contributed by atoms with van der Waals surface area (Å²) in [5.74, 6) is 2.09. The van der Waals surface area contributed by atoms with E-state index in [2.05, 4.69) is 18.2 Å². The molecule has 1 aromatic heterocycles. The van der Waals surface area contributed by atoms with Crippen molar-refractivity contribution in [2.45, 2.75) is 25.1 Å². The molecule has 4 heteroatoms. The standard InChI is InChI=1S/C13H16ClNS2/c1-9(15)6-7-16-8-12-13(14)10-4-2-3-5-11(10)17-12/h2-5,9H,6-8,15H2,1H3. The van der Waals surface area contributed by atoms with Gasteiger partial charge in [-0.05, 0) is 25.2 Å². The summed E-state index contributed by atoms with van der Waals surface area (Å²) in [6.07, 6.45) is 1.06. The number of rotatable bonds is 5. The van der Waals surface area contributed by atoms with Crippen molar-refractivity contribution in [1.82, 2.24) is 0 Å². The zero-order valence-corrected chi connectivity index (χ0v) is 12.2. The minimum absolute atomic E-state index is 0.292. The van der Waals surface area contributed by atoms with Crippen molar-refractivity contribution >= 4 is 44.8 Å². The Balaban J connectivity index is 2.01. The van der Waals surface area contributed by atoms with Crippen LogP contribution in [0.15, 0.2) is 24.3 Å². The SMILES string of the molecule is CC(N)CCSCc1sc2ccccc2c1Cl. The molecule has 0 fully saturated rings. The number of benzene rings is 1. The van der Waals surface area contributed by atoms with Crippen LogP contribution in [-0.4, -0.2) is 11.8 Å². The lowest BCUT2D eigenvalue weighted by atomic mass is 10.2. The van der Waals surface area contributed by atoms with E-state index < -0.39 is 0 Å². The van der Waals surface area contributed by atoms with Crippen LogP contribution >= 0.6 is 34.7 Å². The normalized spacial score (nSPS) is 13.1. The van der Waals surface area contributed by atoms with E-state index >= 15 is 0 Å². The summed E-state index contributed by atoms with van der Waals surface area (Å²) in [5.41, 5.74) is 5.73. The Bertz CT molecular complexity index is 493. The molecule has 1 heterocycles. The summed E-state index contributed by atoms with van der Waals surface area (Å²) < 4.78 is 1.28. The number of hydrogen-bond donors (Lipinski definition) is 1. The molecule has 0 saturated carbocycles. The Kier molecular flexibility index (Phi) is 4.74. The molecule has 0 saturated heterocycles. The molecule has 0 spiro atoms. The largest absolute Gasteiger partial charge is 0.328 e. The van der Waals surface area contributed by atoms with Gasteiger partial charge in [0, 0.05) is 26.8 Å². The summed E-state index contributed by atoms with van der Waals surface area (Å²) >= 11 is 10.1.